The van der Waals surface area contributed by atoms with Crippen LogP contribution in [0.4, 0.5) is 5.69 Å². The van der Waals surface area contributed by atoms with Crippen LogP contribution < -0.4 is 15.5 Å². The maximum Gasteiger partial charge on any atom is 0.191 e. The van der Waals surface area contributed by atoms with Gasteiger partial charge in [0.25, 0.3) is 0 Å². The second-order valence-corrected chi connectivity index (χ2v) is 8.30. The standard InChI is InChI=1S/C20H29N5S.HI/c1-15-8-10-25(11-9-15)18-6-4-17(5-7-18)13-23-20(21-3)24-14-19-22-12-16(2)26-19;/h4-7,12,15H,8-11,13-14H2,1-3H3,(H2,21,23,24);1H. The minimum atomic E-state index is 0. The zero-order chi connectivity index (χ0) is 18.4. The summed E-state index contributed by atoms with van der Waals surface area (Å²) < 4.78 is 0. The van der Waals surface area contributed by atoms with E-state index in [2.05, 4.69) is 63.6 Å². The van der Waals surface area contributed by atoms with Crippen molar-refractivity contribution in [1.29, 1.82) is 0 Å². The first kappa shape index (κ1) is 21.9. The number of nitrogens with one attached hydrogen (secondary N) is 2. The molecule has 0 bridgehead atoms. The van der Waals surface area contributed by atoms with Crippen LogP contribution in [0, 0.1) is 12.8 Å². The molecule has 7 heteroatoms. The molecule has 27 heavy (non-hydrogen) atoms. The van der Waals surface area contributed by atoms with E-state index in [1.807, 2.05) is 6.20 Å². The summed E-state index contributed by atoms with van der Waals surface area (Å²) in [6, 6.07) is 8.89. The topological polar surface area (TPSA) is 52.6 Å². The third-order valence-electron chi connectivity index (χ3n) is 4.84. The van der Waals surface area contributed by atoms with Gasteiger partial charge < -0.3 is 15.5 Å². The molecule has 1 aromatic carbocycles. The molecule has 1 aliphatic heterocycles. The van der Waals surface area contributed by atoms with Crippen molar-refractivity contribution in [3.05, 3.63) is 45.9 Å². The summed E-state index contributed by atoms with van der Waals surface area (Å²) in [6.45, 7) is 8.22. The Hall–Kier alpha value is -1.35. The van der Waals surface area contributed by atoms with Crippen molar-refractivity contribution < 1.29 is 0 Å². The lowest BCUT2D eigenvalue weighted by atomic mass is 9.99. The van der Waals surface area contributed by atoms with Gasteiger partial charge in [0.05, 0.1) is 6.54 Å². The van der Waals surface area contributed by atoms with Crippen LogP contribution in [0.25, 0.3) is 0 Å². The Morgan fingerprint density at radius 2 is 1.85 bits per heavy atom. The van der Waals surface area contributed by atoms with E-state index >= 15 is 0 Å². The first-order valence-corrected chi connectivity index (χ1v) is 10.2. The van der Waals surface area contributed by atoms with E-state index in [-0.39, 0.29) is 24.0 Å². The van der Waals surface area contributed by atoms with Crippen LogP contribution in [0.1, 0.15) is 35.2 Å². The fraction of sp³-hybridized carbons (Fsp3) is 0.500. The van der Waals surface area contributed by atoms with Crippen LogP contribution in [-0.4, -0.2) is 31.1 Å². The normalized spacial score (nSPS) is 15.4. The van der Waals surface area contributed by atoms with Crippen LogP contribution in [0.5, 0.6) is 0 Å². The Bertz CT molecular complexity index is 720. The molecule has 2 heterocycles. The monoisotopic (exact) mass is 499 g/mol. The van der Waals surface area contributed by atoms with E-state index < -0.39 is 0 Å². The number of benzene rings is 1. The van der Waals surface area contributed by atoms with Crippen LogP contribution in [-0.2, 0) is 13.1 Å². The first-order chi connectivity index (χ1) is 12.6. The highest BCUT2D eigenvalue weighted by Gasteiger charge is 2.15. The van der Waals surface area contributed by atoms with Gasteiger partial charge in [-0.1, -0.05) is 19.1 Å². The number of thiazole rings is 1. The number of halogens is 1. The minimum absolute atomic E-state index is 0. The van der Waals surface area contributed by atoms with E-state index in [0.29, 0.717) is 6.54 Å². The van der Waals surface area contributed by atoms with Gasteiger partial charge in [0.1, 0.15) is 5.01 Å². The highest BCUT2D eigenvalue weighted by Crippen LogP contribution is 2.23. The van der Waals surface area contributed by atoms with Crippen molar-refractivity contribution in [1.82, 2.24) is 15.6 Å². The number of hydrogen-bond donors (Lipinski definition) is 2. The largest absolute Gasteiger partial charge is 0.372 e. The number of piperidine rings is 1. The molecule has 1 saturated heterocycles. The predicted molar refractivity (Wildman–Crippen MR) is 126 cm³/mol. The molecule has 148 valence electrons. The highest BCUT2D eigenvalue weighted by molar-refractivity contribution is 14.0. The second-order valence-electron chi connectivity index (χ2n) is 6.98. The molecule has 0 atom stereocenters. The Balaban J connectivity index is 0.00000261. The maximum atomic E-state index is 4.37. The fourth-order valence-electron chi connectivity index (χ4n) is 3.14. The summed E-state index contributed by atoms with van der Waals surface area (Å²) in [4.78, 5) is 12.4. The molecule has 0 aliphatic carbocycles. The number of anilines is 1. The number of hydrogen-bond acceptors (Lipinski definition) is 4. The van der Waals surface area contributed by atoms with E-state index in [1.165, 1.54) is 42.1 Å². The minimum Gasteiger partial charge on any atom is -0.372 e. The molecule has 0 radical (unpaired) electrons. The van der Waals surface area contributed by atoms with E-state index in [0.717, 1.165) is 23.4 Å². The van der Waals surface area contributed by atoms with E-state index in [1.54, 1.807) is 18.4 Å². The quantitative estimate of drug-likeness (QED) is 0.369. The molecule has 1 aromatic heterocycles. The molecular weight excluding hydrogens is 469 g/mol. The van der Waals surface area contributed by atoms with Gasteiger partial charge in [0.2, 0.25) is 0 Å². The Kier molecular flexibility index (Phi) is 8.82. The number of aromatic nitrogens is 1. The molecule has 1 fully saturated rings. The van der Waals surface area contributed by atoms with E-state index in [9.17, 15) is 0 Å². The van der Waals surface area contributed by atoms with Crippen LogP contribution in [0.2, 0.25) is 0 Å². The summed E-state index contributed by atoms with van der Waals surface area (Å²) in [6.07, 6.45) is 4.50. The molecule has 2 aromatic rings. The summed E-state index contributed by atoms with van der Waals surface area (Å²) in [5.41, 5.74) is 2.59. The van der Waals surface area contributed by atoms with Crippen molar-refractivity contribution in [3.8, 4) is 0 Å². The van der Waals surface area contributed by atoms with Crippen LogP contribution in [0.15, 0.2) is 35.5 Å². The van der Waals surface area contributed by atoms with Crippen LogP contribution >= 0.6 is 35.3 Å². The number of rotatable bonds is 5. The van der Waals surface area contributed by atoms with Crippen LogP contribution in [0.3, 0.4) is 0 Å². The smallest absolute Gasteiger partial charge is 0.191 e. The molecule has 2 N–H and O–H groups in total. The summed E-state index contributed by atoms with van der Waals surface area (Å²) in [5.74, 6) is 1.66. The second kappa shape index (κ2) is 10.8. The van der Waals surface area contributed by atoms with Gasteiger partial charge in [-0.05, 0) is 43.4 Å². The molecule has 0 unspecified atom stereocenters. The fourth-order valence-corrected chi connectivity index (χ4v) is 3.87. The molecule has 0 amide bonds. The third kappa shape index (κ3) is 6.64. The molecule has 5 nitrogen and oxygen atoms in total. The van der Waals surface area contributed by atoms with Gasteiger partial charge in [-0.2, -0.15) is 0 Å². The molecular formula is C20H30IN5S. The summed E-state index contributed by atoms with van der Waals surface area (Å²) in [5, 5.41) is 7.76. The van der Waals surface area contributed by atoms with Crippen molar-refractivity contribution in [2.75, 3.05) is 25.0 Å². The number of nitrogens with zero attached hydrogens (tertiary/aromatic N) is 3. The Morgan fingerprint density at radius 1 is 1.19 bits per heavy atom. The lowest BCUT2D eigenvalue weighted by molar-refractivity contribution is 0.438. The molecule has 0 saturated carbocycles. The molecule has 1 aliphatic rings. The Morgan fingerprint density at radius 3 is 2.44 bits per heavy atom. The van der Waals surface area contributed by atoms with Gasteiger partial charge in [-0.15, -0.1) is 35.3 Å². The number of guanidine groups is 1. The highest BCUT2D eigenvalue weighted by atomic mass is 127. The number of aryl methyl sites for hydroxylation is 1. The lowest BCUT2D eigenvalue weighted by Crippen LogP contribution is -2.36. The lowest BCUT2D eigenvalue weighted by Gasteiger charge is -2.32. The summed E-state index contributed by atoms with van der Waals surface area (Å²) in [7, 11) is 1.79. The average molecular weight is 499 g/mol. The number of aliphatic imine (C=N–C) groups is 1. The third-order valence-corrected chi connectivity index (χ3v) is 5.76. The zero-order valence-corrected chi connectivity index (χ0v) is 19.5. The molecule has 3 rings (SSSR count). The van der Waals surface area contributed by atoms with E-state index in [4.69, 9.17) is 0 Å². The van der Waals surface area contributed by atoms with Gasteiger partial charge >= 0.3 is 0 Å². The van der Waals surface area contributed by atoms with Gasteiger partial charge in [0, 0.05) is 43.4 Å². The Labute approximate surface area is 183 Å². The summed E-state index contributed by atoms with van der Waals surface area (Å²) >= 11 is 1.71. The SMILES string of the molecule is CN=C(NCc1ccc(N2CCC(C)CC2)cc1)NCc1ncc(C)s1.I. The predicted octanol–water partition coefficient (Wildman–Crippen LogP) is 4.17. The zero-order valence-electron chi connectivity index (χ0n) is 16.4. The maximum absolute atomic E-state index is 4.37. The molecule has 0 spiro atoms. The van der Waals surface area contributed by atoms with Crippen molar-refractivity contribution in [3.63, 3.8) is 0 Å². The van der Waals surface area contributed by atoms with Crippen molar-refractivity contribution in [2.45, 2.75) is 39.8 Å². The van der Waals surface area contributed by atoms with Crippen molar-refractivity contribution in [2.24, 2.45) is 10.9 Å². The van der Waals surface area contributed by atoms with Gasteiger partial charge in [-0.3, -0.25) is 4.99 Å². The van der Waals surface area contributed by atoms with Gasteiger partial charge in [-0.25, -0.2) is 4.98 Å². The van der Waals surface area contributed by atoms with Crippen molar-refractivity contribution >= 4 is 47.0 Å². The first-order valence-electron chi connectivity index (χ1n) is 9.34. The van der Waals surface area contributed by atoms with Gasteiger partial charge in [0.15, 0.2) is 5.96 Å². The average Bonchev–Trinajstić information content (AvgIpc) is 3.08.